The lowest BCUT2D eigenvalue weighted by Crippen LogP contribution is -2.28. The second-order valence-electron chi connectivity index (χ2n) is 11.8. The number of methoxy groups -OCH3 is 1. The van der Waals surface area contributed by atoms with Crippen molar-refractivity contribution in [2.45, 2.75) is 104 Å². The number of amides is 1. The van der Waals surface area contributed by atoms with Crippen molar-refractivity contribution in [3.63, 3.8) is 0 Å². The Balaban J connectivity index is 1.22. The van der Waals surface area contributed by atoms with Crippen LogP contribution in [0.2, 0.25) is 0 Å². The zero-order valence-electron chi connectivity index (χ0n) is 27.0. The summed E-state index contributed by atoms with van der Waals surface area (Å²) in [5.41, 5.74) is 3.93. The van der Waals surface area contributed by atoms with Crippen LogP contribution < -0.4 is 14.4 Å². The first-order valence-corrected chi connectivity index (χ1v) is 16.6. The average molecular weight is 597 g/mol. The highest BCUT2D eigenvalue weighted by atomic mass is 16.5. The van der Waals surface area contributed by atoms with Crippen molar-refractivity contribution in [1.82, 2.24) is 4.90 Å². The van der Waals surface area contributed by atoms with E-state index in [4.69, 9.17) is 9.47 Å². The van der Waals surface area contributed by atoms with Gasteiger partial charge in [0.05, 0.1) is 32.8 Å². The fourth-order valence-electron chi connectivity index (χ4n) is 5.66. The van der Waals surface area contributed by atoms with E-state index < -0.39 is 0 Å². The van der Waals surface area contributed by atoms with Crippen molar-refractivity contribution in [1.29, 1.82) is 0 Å². The van der Waals surface area contributed by atoms with Gasteiger partial charge in [-0.2, -0.15) is 0 Å². The van der Waals surface area contributed by atoms with E-state index in [9.17, 15) is 4.79 Å². The molecule has 0 aromatic heterocycles. The van der Waals surface area contributed by atoms with Crippen LogP contribution in [0.5, 0.6) is 11.5 Å². The van der Waals surface area contributed by atoms with E-state index >= 15 is 0 Å². The van der Waals surface area contributed by atoms with Crippen molar-refractivity contribution >= 4 is 17.4 Å². The van der Waals surface area contributed by atoms with Gasteiger partial charge in [0, 0.05) is 18.8 Å². The number of amidine groups is 1. The van der Waals surface area contributed by atoms with E-state index in [2.05, 4.69) is 35.1 Å². The van der Waals surface area contributed by atoms with Gasteiger partial charge in [0.15, 0.2) is 17.7 Å². The topological polar surface area (TPSA) is 54.4 Å². The Morgan fingerprint density at radius 2 is 1.50 bits per heavy atom. The molecule has 0 N–H and O–H groups in total. The molecule has 2 aliphatic heterocycles. The fourth-order valence-corrected chi connectivity index (χ4v) is 5.66. The molecule has 1 amide bonds. The SMILES string of the molecule is CCCCCCCCCCCCCCOc1cc(CN(C(C)=O)c2ccc(CC3=N[C+]=C4C=CC=CN43)cc2)ccc1OC. The van der Waals surface area contributed by atoms with Gasteiger partial charge in [-0.3, -0.25) is 4.79 Å². The van der Waals surface area contributed by atoms with Crippen molar-refractivity contribution in [3.8, 4) is 11.5 Å². The molecular weight excluding hydrogens is 546 g/mol. The van der Waals surface area contributed by atoms with E-state index in [1.807, 2.05) is 54.8 Å². The van der Waals surface area contributed by atoms with Crippen molar-refractivity contribution in [3.05, 3.63) is 89.9 Å². The monoisotopic (exact) mass is 596 g/mol. The second-order valence-corrected chi connectivity index (χ2v) is 11.8. The molecule has 0 unspecified atom stereocenters. The van der Waals surface area contributed by atoms with Gasteiger partial charge in [-0.1, -0.05) is 101 Å². The molecule has 44 heavy (non-hydrogen) atoms. The van der Waals surface area contributed by atoms with Gasteiger partial charge < -0.3 is 14.4 Å². The zero-order chi connectivity index (χ0) is 31.0. The van der Waals surface area contributed by atoms with E-state index in [1.165, 1.54) is 70.6 Å². The van der Waals surface area contributed by atoms with Crippen LogP contribution in [-0.4, -0.2) is 30.4 Å². The van der Waals surface area contributed by atoms with Gasteiger partial charge in [-0.05, 0) is 54.0 Å². The minimum atomic E-state index is -0.0126. The van der Waals surface area contributed by atoms with Gasteiger partial charge in [0.1, 0.15) is 0 Å². The number of ether oxygens (including phenoxy) is 2. The van der Waals surface area contributed by atoms with Crippen LogP contribution in [0.25, 0.3) is 0 Å². The lowest BCUT2D eigenvalue weighted by molar-refractivity contribution is -0.116. The molecule has 0 radical (unpaired) electrons. The van der Waals surface area contributed by atoms with Gasteiger partial charge >= 0.3 is 0 Å². The Bertz CT molecular complexity index is 1310. The summed E-state index contributed by atoms with van der Waals surface area (Å²) in [4.78, 5) is 21.0. The highest BCUT2D eigenvalue weighted by Gasteiger charge is 2.28. The molecule has 0 spiro atoms. The number of nitrogens with zero attached hydrogens (tertiary/aromatic N) is 3. The van der Waals surface area contributed by atoms with Gasteiger partial charge in [-0.15, -0.1) is 0 Å². The summed E-state index contributed by atoms with van der Waals surface area (Å²) in [7, 11) is 1.67. The van der Waals surface area contributed by atoms with Crippen LogP contribution in [0.1, 0.15) is 102 Å². The number of carbonyl (C=O) groups is 1. The summed E-state index contributed by atoms with van der Waals surface area (Å²) in [6.07, 6.45) is 27.5. The minimum absolute atomic E-state index is 0.0126. The quantitative estimate of drug-likeness (QED) is 0.113. The zero-order valence-corrected chi connectivity index (χ0v) is 27.0. The highest BCUT2D eigenvalue weighted by molar-refractivity contribution is 5.92. The molecule has 0 saturated heterocycles. The highest BCUT2D eigenvalue weighted by Crippen LogP contribution is 2.30. The smallest absolute Gasteiger partial charge is 0.247 e. The lowest BCUT2D eigenvalue weighted by atomic mass is 10.1. The van der Waals surface area contributed by atoms with E-state index in [0.29, 0.717) is 19.6 Å². The van der Waals surface area contributed by atoms with Gasteiger partial charge in [0.2, 0.25) is 17.4 Å². The molecule has 6 heteroatoms. The molecule has 2 aromatic rings. The number of rotatable bonds is 20. The standard InChI is InChI=1S/C38H50N3O3/c1-4-5-6-7-8-9-10-11-12-13-14-17-26-44-37-27-33(21-24-36(37)43-3)30-41(31(2)42)34-22-19-32(20-23-34)28-38-39-29-35-18-15-16-25-40(35)38/h15-16,18-25,27H,4-14,17,26,28,30H2,1-3H3/q+1. The molecule has 0 atom stereocenters. The molecule has 0 fully saturated rings. The molecule has 4 rings (SSSR count). The summed E-state index contributed by atoms with van der Waals surface area (Å²) in [6, 6.07) is 14.1. The third kappa shape index (κ3) is 10.1. The van der Waals surface area contributed by atoms with Crippen LogP contribution in [-0.2, 0) is 17.8 Å². The van der Waals surface area contributed by atoms with Gasteiger partial charge in [0.25, 0.3) is 0 Å². The predicted molar refractivity (Wildman–Crippen MR) is 181 cm³/mol. The maximum atomic E-state index is 12.7. The summed E-state index contributed by atoms with van der Waals surface area (Å²) < 4.78 is 11.7. The number of allylic oxidation sites excluding steroid dienone is 3. The number of unbranched alkanes of at least 4 members (excludes halogenated alkanes) is 11. The number of aliphatic imine (C=N–C) groups is 1. The third-order valence-corrected chi connectivity index (χ3v) is 8.25. The Morgan fingerprint density at radius 3 is 2.16 bits per heavy atom. The number of fused-ring (bicyclic) bond motifs is 1. The number of anilines is 1. The van der Waals surface area contributed by atoms with E-state index in [0.717, 1.165) is 46.3 Å². The first-order valence-electron chi connectivity index (χ1n) is 16.6. The first kappa shape index (κ1) is 33.0. The Labute approximate surface area is 265 Å². The average Bonchev–Trinajstić information content (AvgIpc) is 3.45. The van der Waals surface area contributed by atoms with Crippen LogP contribution in [0.15, 0.2) is 77.6 Å². The molecule has 2 heterocycles. The number of hydrogen-bond donors (Lipinski definition) is 0. The lowest BCUT2D eigenvalue weighted by Gasteiger charge is -2.22. The van der Waals surface area contributed by atoms with Crippen LogP contribution in [0, 0.1) is 6.20 Å². The van der Waals surface area contributed by atoms with Crippen LogP contribution in [0.3, 0.4) is 0 Å². The Kier molecular flexibility index (Phi) is 13.5. The third-order valence-electron chi connectivity index (χ3n) is 8.25. The summed E-state index contributed by atoms with van der Waals surface area (Å²) in [5, 5.41) is 0. The van der Waals surface area contributed by atoms with Crippen molar-refractivity contribution in [2.75, 3.05) is 18.6 Å². The Morgan fingerprint density at radius 1 is 0.841 bits per heavy atom. The second kappa shape index (κ2) is 18.0. The molecule has 0 saturated carbocycles. The molecule has 0 bridgehead atoms. The molecule has 2 aromatic carbocycles. The number of benzene rings is 2. The molecule has 234 valence electrons. The molecular formula is C38H50N3O3+. The van der Waals surface area contributed by atoms with Crippen LogP contribution >= 0.6 is 0 Å². The van der Waals surface area contributed by atoms with Crippen molar-refractivity contribution < 1.29 is 14.3 Å². The van der Waals surface area contributed by atoms with Crippen molar-refractivity contribution in [2.24, 2.45) is 4.99 Å². The molecule has 0 aliphatic carbocycles. The molecule has 6 nitrogen and oxygen atoms in total. The Hall–Kier alpha value is -3.89. The summed E-state index contributed by atoms with van der Waals surface area (Å²) in [6.45, 7) is 5.00. The maximum absolute atomic E-state index is 12.7. The number of carbonyl (C=O) groups excluding carboxylic acids is 1. The van der Waals surface area contributed by atoms with E-state index in [-0.39, 0.29) is 5.91 Å². The maximum Gasteiger partial charge on any atom is 0.247 e. The van der Waals surface area contributed by atoms with E-state index in [1.54, 1.807) is 18.9 Å². The van der Waals surface area contributed by atoms with Crippen LogP contribution in [0.4, 0.5) is 5.69 Å². The normalized spacial score (nSPS) is 13.3. The fraction of sp³-hybridized carbons (Fsp3) is 0.474. The summed E-state index contributed by atoms with van der Waals surface area (Å²) >= 11 is 0. The minimum Gasteiger partial charge on any atom is -0.493 e. The summed E-state index contributed by atoms with van der Waals surface area (Å²) in [5.74, 6) is 2.37. The number of hydrogen-bond acceptors (Lipinski definition) is 5. The van der Waals surface area contributed by atoms with Gasteiger partial charge in [-0.25, -0.2) is 4.90 Å². The first-order chi connectivity index (χ1) is 21.6. The predicted octanol–water partition coefficient (Wildman–Crippen LogP) is 9.31. The largest absolute Gasteiger partial charge is 0.493 e. The molecule has 2 aliphatic rings.